The van der Waals surface area contributed by atoms with Crippen LogP contribution in [0, 0.1) is 11.6 Å². The van der Waals surface area contributed by atoms with E-state index in [0.29, 0.717) is 41.9 Å². The molecule has 2 unspecified atom stereocenters. The number of aromatic hydroxyl groups is 1. The second-order valence-electron chi connectivity index (χ2n) is 15.1. The van der Waals surface area contributed by atoms with E-state index in [0.717, 1.165) is 71.2 Å². The van der Waals surface area contributed by atoms with Crippen molar-refractivity contribution < 1.29 is 28.1 Å². The Morgan fingerprint density at radius 3 is 2.49 bits per heavy atom. The number of fused-ring (bicyclic) bond motifs is 5. The molecular formula is C38H43F2N5O4. The Morgan fingerprint density at radius 1 is 0.980 bits per heavy atom. The van der Waals surface area contributed by atoms with Gasteiger partial charge in [0.15, 0.2) is 11.6 Å². The van der Waals surface area contributed by atoms with Gasteiger partial charge in [0.05, 0.1) is 18.2 Å². The summed E-state index contributed by atoms with van der Waals surface area (Å²) in [5, 5.41) is 11.9. The number of aromatic nitrogens is 2. The van der Waals surface area contributed by atoms with Gasteiger partial charge in [0.2, 0.25) is 0 Å². The van der Waals surface area contributed by atoms with Crippen molar-refractivity contribution in [2.24, 2.45) is 0 Å². The van der Waals surface area contributed by atoms with Crippen molar-refractivity contribution >= 4 is 27.5 Å². The van der Waals surface area contributed by atoms with Gasteiger partial charge in [-0.2, -0.15) is 9.97 Å². The predicted octanol–water partition coefficient (Wildman–Crippen LogP) is 6.25. The first-order chi connectivity index (χ1) is 23.7. The average molecular weight is 672 g/mol. The highest BCUT2D eigenvalue weighted by Crippen LogP contribution is 2.42. The van der Waals surface area contributed by atoms with Crippen molar-refractivity contribution in [1.29, 1.82) is 0 Å². The highest BCUT2D eigenvalue weighted by atomic mass is 19.1. The van der Waals surface area contributed by atoms with Crippen LogP contribution < -0.4 is 9.64 Å². The average Bonchev–Trinajstić information content (AvgIpc) is 3.80. The standard InChI is InChI=1S/C38H43F2N5O4/c1-37(2)48-21-27(49-37)20-45-24-8-9-25(45)19-43(18-24)35-29-11-10-28(30-17-26(46)16-23-6-3-7-31(39)32(23)30)33(40)34(29)41-36(42-35)47-22-38-12-4-14-44(38)15-5-13-38/h3,6-7,10-11,16-17,24-25,27,46H,4-5,8-9,12-15,18-22H2,1-2H3/t24?,25?,27-/m1/s1. The van der Waals surface area contributed by atoms with E-state index in [4.69, 9.17) is 24.2 Å². The molecule has 1 N–H and O–H groups in total. The number of phenols is 1. The van der Waals surface area contributed by atoms with E-state index >= 15 is 8.78 Å². The summed E-state index contributed by atoms with van der Waals surface area (Å²) in [7, 11) is 0. The summed E-state index contributed by atoms with van der Waals surface area (Å²) >= 11 is 0. The maximum absolute atomic E-state index is 16.9. The fraction of sp³-hybridized carbons (Fsp3) is 0.526. The van der Waals surface area contributed by atoms with Crippen molar-refractivity contribution in [1.82, 2.24) is 19.8 Å². The number of anilines is 1. The molecule has 2 bridgehead atoms. The van der Waals surface area contributed by atoms with Crippen LogP contribution in [0.3, 0.4) is 0 Å². The lowest BCUT2D eigenvalue weighted by Crippen LogP contribution is -2.56. The van der Waals surface area contributed by atoms with E-state index in [2.05, 4.69) is 14.7 Å². The number of benzene rings is 3. The number of phenolic OH excluding ortho intramolecular Hbond substituents is 1. The van der Waals surface area contributed by atoms with Gasteiger partial charge in [-0.3, -0.25) is 9.80 Å². The Labute approximate surface area is 284 Å². The summed E-state index contributed by atoms with van der Waals surface area (Å²) in [4.78, 5) is 17.1. The van der Waals surface area contributed by atoms with Gasteiger partial charge in [-0.25, -0.2) is 8.78 Å². The Balaban J connectivity index is 1.10. The van der Waals surface area contributed by atoms with Crippen LogP contribution >= 0.6 is 0 Å². The van der Waals surface area contributed by atoms with Crippen LogP contribution in [-0.4, -0.2) is 100 Å². The minimum absolute atomic E-state index is 0.0256. The molecule has 1 aromatic heterocycles. The van der Waals surface area contributed by atoms with Crippen LogP contribution in [-0.2, 0) is 9.47 Å². The number of piperazine rings is 1. The molecule has 5 saturated heterocycles. The van der Waals surface area contributed by atoms with E-state index in [-0.39, 0.29) is 45.4 Å². The molecule has 9 nitrogen and oxygen atoms in total. The quantitative estimate of drug-likeness (QED) is 0.245. The van der Waals surface area contributed by atoms with Crippen LogP contribution in [0.15, 0.2) is 42.5 Å². The molecule has 258 valence electrons. The molecule has 0 saturated carbocycles. The lowest BCUT2D eigenvalue weighted by atomic mass is 9.95. The van der Waals surface area contributed by atoms with E-state index in [1.54, 1.807) is 18.2 Å². The van der Waals surface area contributed by atoms with Gasteiger partial charge in [-0.15, -0.1) is 0 Å². The molecular weight excluding hydrogens is 628 g/mol. The van der Waals surface area contributed by atoms with Gasteiger partial charge in [0.1, 0.15) is 29.5 Å². The molecule has 0 aliphatic carbocycles. The first kappa shape index (κ1) is 31.3. The van der Waals surface area contributed by atoms with Crippen molar-refractivity contribution in [2.45, 2.75) is 81.9 Å². The van der Waals surface area contributed by atoms with Crippen molar-refractivity contribution in [3.8, 4) is 22.9 Å². The smallest absolute Gasteiger partial charge is 0.319 e. The van der Waals surface area contributed by atoms with Crippen molar-refractivity contribution in [2.75, 3.05) is 50.8 Å². The third-order valence-corrected chi connectivity index (χ3v) is 11.7. The maximum Gasteiger partial charge on any atom is 0.319 e. The number of nitrogens with zero attached hydrogens (tertiary/aromatic N) is 5. The molecule has 3 aromatic carbocycles. The molecule has 11 heteroatoms. The van der Waals surface area contributed by atoms with Crippen LogP contribution in [0.1, 0.15) is 52.4 Å². The Hall–Kier alpha value is -3.64. The van der Waals surface area contributed by atoms with Gasteiger partial charge in [0, 0.05) is 48.1 Å². The molecule has 9 rings (SSSR count). The van der Waals surface area contributed by atoms with Gasteiger partial charge >= 0.3 is 6.01 Å². The fourth-order valence-electron chi connectivity index (χ4n) is 9.43. The predicted molar refractivity (Wildman–Crippen MR) is 183 cm³/mol. The normalized spacial score (nSPS) is 26.3. The fourth-order valence-corrected chi connectivity index (χ4v) is 9.43. The third kappa shape index (κ3) is 5.40. The minimum atomic E-state index is -0.592. The van der Waals surface area contributed by atoms with Crippen molar-refractivity contribution in [3.63, 3.8) is 0 Å². The number of halogens is 2. The Kier molecular flexibility index (Phi) is 7.50. The van der Waals surface area contributed by atoms with Gasteiger partial charge < -0.3 is 24.2 Å². The lowest BCUT2D eigenvalue weighted by molar-refractivity contribution is -0.141. The van der Waals surface area contributed by atoms with Crippen LogP contribution in [0.5, 0.6) is 11.8 Å². The summed E-state index contributed by atoms with van der Waals surface area (Å²) in [6.45, 7) is 9.40. The number of rotatable bonds is 7. The van der Waals surface area contributed by atoms with Gasteiger partial charge in [0.25, 0.3) is 0 Å². The Bertz CT molecular complexity index is 1920. The van der Waals surface area contributed by atoms with Crippen LogP contribution in [0.4, 0.5) is 14.6 Å². The molecule has 5 aliphatic rings. The zero-order valence-electron chi connectivity index (χ0n) is 28.1. The number of ether oxygens (including phenoxy) is 3. The van der Waals surface area contributed by atoms with Crippen LogP contribution in [0.2, 0.25) is 0 Å². The van der Waals surface area contributed by atoms with E-state index in [1.165, 1.54) is 18.2 Å². The SMILES string of the molecule is CC1(C)OC[C@@H](CN2C3CCC2CN(c2nc(OCC45CCCN4CCC5)nc4c(F)c(-c5cc(O)cc6cccc(F)c56)ccc24)C3)O1. The number of hydrogen-bond donors (Lipinski definition) is 1. The third-order valence-electron chi connectivity index (χ3n) is 11.7. The topological polar surface area (TPSA) is 83.4 Å². The molecule has 3 atom stereocenters. The number of hydrogen-bond acceptors (Lipinski definition) is 9. The highest BCUT2D eigenvalue weighted by molar-refractivity contribution is 6.01. The summed E-state index contributed by atoms with van der Waals surface area (Å²) in [6, 6.07) is 11.8. The minimum Gasteiger partial charge on any atom is -0.508 e. The lowest BCUT2D eigenvalue weighted by Gasteiger charge is -2.42. The van der Waals surface area contributed by atoms with E-state index in [1.807, 2.05) is 19.9 Å². The van der Waals surface area contributed by atoms with Gasteiger partial charge in [-0.1, -0.05) is 18.2 Å². The first-order valence-electron chi connectivity index (χ1n) is 17.8. The van der Waals surface area contributed by atoms with E-state index < -0.39 is 17.4 Å². The summed E-state index contributed by atoms with van der Waals surface area (Å²) in [6.07, 6.45) is 6.58. The molecule has 0 amide bonds. The molecule has 0 radical (unpaired) electrons. The molecule has 4 aromatic rings. The van der Waals surface area contributed by atoms with E-state index in [9.17, 15) is 5.11 Å². The first-order valence-corrected chi connectivity index (χ1v) is 17.8. The maximum atomic E-state index is 16.9. The highest BCUT2D eigenvalue weighted by Gasteiger charge is 2.46. The Morgan fingerprint density at radius 2 is 1.76 bits per heavy atom. The summed E-state index contributed by atoms with van der Waals surface area (Å²) in [5.74, 6) is -1.05. The molecule has 5 fully saturated rings. The zero-order chi connectivity index (χ0) is 33.5. The second-order valence-corrected chi connectivity index (χ2v) is 15.1. The zero-order valence-corrected chi connectivity index (χ0v) is 28.1. The second kappa shape index (κ2) is 11.7. The monoisotopic (exact) mass is 671 g/mol. The molecule has 6 heterocycles. The summed E-state index contributed by atoms with van der Waals surface area (Å²) < 4.78 is 50.6. The molecule has 0 spiro atoms. The summed E-state index contributed by atoms with van der Waals surface area (Å²) in [5.41, 5.74) is 0.542. The molecule has 5 aliphatic heterocycles. The van der Waals surface area contributed by atoms with Gasteiger partial charge in [-0.05, 0) is 101 Å². The van der Waals surface area contributed by atoms with Crippen molar-refractivity contribution in [3.05, 3.63) is 54.1 Å². The van der Waals surface area contributed by atoms with Crippen LogP contribution in [0.25, 0.3) is 32.8 Å². The largest absolute Gasteiger partial charge is 0.508 e. The molecule has 49 heavy (non-hydrogen) atoms.